The standard InChI is InChI=1S/C22H19Cl2N5O/c23-16-7-8-18(19(24)13-16)22(30)26-17-5-3-4-15(12-17)14-25-10-9-21-28-27-20-6-1-2-11-29(20)21/h1-8,11-13,25H,9-10,14H2,(H,26,30). The summed E-state index contributed by atoms with van der Waals surface area (Å²) in [5.41, 5.74) is 2.98. The second kappa shape index (κ2) is 9.26. The molecule has 0 bridgehead atoms. The fourth-order valence-corrected chi connectivity index (χ4v) is 3.62. The number of benzene rings is 2. The summed E-state index contributed by atoms with van der Waals surface area (Å²) in [6, 6.07) is 18.3. The number of anilines is 1. The molecular weight excluding hydrogens is 421 g/mol. The number of halogens is 2. The van der Waals surface area contributed by atoms with Gasteiger partial charge < -0.3 is 10.6 Å². The quantitative estimate of drug-likeness (QED) is 0.412. The lowest BCUT2D eigenvalue weighted by Crippen LogP contribution is -2.18. The number of amides is 1. The van der Waals surface area contributed by atoms with E-state index in [2.05, 4.69) is 20.8 Å². The molecular formula is C22H19Cl2N5O. The van der Waals surface area contributed by atoms with Gasteiger partial charge in [0.1, 0.15) is 5.82 Å². The van der Waals surface area contributed by atoms with E-state index < -0.39 is 0 Å². The molecule has 0 aliphatic heterocycles. The summed E-state index contributed by atoms with van der Waals surface area (Å²) >= 11 is 12.0. The maximum atomic E-state index is 12.5. The number of carbonyl (C=O) groups is 1. The summed E-state index contributed by atoms with van der Waals surface area (Å²) in [5, 5.41) is 15.5. The first kappa shape index (κ1) is 20.3. The highest BCUT2D eigenvalue weighted by molar-refractivity contribution is 6.37. The van der Waals surface area contributed by atoms with E-state index in [0.29, 0.717) is 27.8 Å². The normalized spacial score (nSPS) is 11.0. The van der Waals surface area contributed by atoms with E-state index in [-0.39, 0.29) is 5.91 Å². The zero-order valence-corrected chi connectivity index (χ0v) is 17.5. The van der Waals surface area contributed by atoms with Crippen molar-refractivity contribution in [2.24, 2.45) is 0 Å². The highest BCUT2D eigenvalue weighted by Crippen LogP contribution is 2.22. The Morgan fingerprint density at radius 3 is 2.77 bits per heavy atom. The lowest BCUT2D eigenvalue weighted by atomic mass is 10.1. The van der Waals surface area contributed by atoms with Crippen LogP contribution in [0.5, 0.6) is 0 Å². The number of hydrogen-bond acceptors (Lipinski definition) is 4. The summed E-state index contributed by atoms with van der Waals surface area (Å²) in [7, 11) is 0. The number of pyridine rings is 1. The Morgan fingerprint density at radius 1 is 1.00 bits per heavy atom. The minimum absolute atomic E-state index is 0.277. The molecule has 6 nitrogen and oxygen atoms in total. The third-order valence-corrected chi connectivity index (χ3v) is 5.15. The third kappa shape index (κ3) is 4.79. The van der Waals surface area contributed by atoms with Crippen LogP contribution in [0.2, 0.25) is 10.0 Å². The number of fused-ring (bicyclic) bond motifs is 1. The van der Waals surface area contributed by atoms with Gasteiger partial charge in [0.2, 0.25) is 0 Å². The first-order valence-electron chi connectivity index (χ1n) is 9.45. The van der Waals surface area contributed by atoms with Gasteiger partial charge in [0.15, 0.2) is 5.65 Å². The van der Waals surface area contributed by atoms with Crippen molar-refractivity contribution < 1.29 is 4.79 Å². The lowest BCUT2D eigenvalue weighted by molar-refractivity contribution is 0.102. The second-order valence-electron chi connectivity index (χ2n) is 6.75. The molecule has 0 fully saturated rings. The van der Waals surface area contributed by atoms with Crippen LogP contribution in [-0.2, 0) is 13.0 Å². The first-order chi connectivity index (χ1) is 14.6. The molecule has 30 heavy (non-hydrogen) atoms. The van der Waals surface area contributed by atoms with Crippen molar-refractivity contribution in [1.29, 1.82) is 0 Å². The zero-order chi connectivity index (χ0) is 20.9. The molecule has 0 spiro atoms. The molecule has 0 unspecified atom stereocenters. The van der Waals surface area contributed by atoms with E-state index in [1.165, 1.54) is 0 Å². The summed E-state index contributed by atoms with van der Waals surface area (Å²) in [5.74, 6) is 0.638. The minimum Gasteiger partial charge on any atom is -0.322 e. The van der Waals surface area contributed by atoms with Crippen LogP contribution >= 0.6 is 23.2 Å². The minimum atomic E-state index is -0.277. The highest BCUT2D eigenvalue weighted by Gasteiger charge is 2.11. The molecule has 2 N–H and O–H groups in total. The fraction of sp³-hybridized carbons (Fsp3) is 0.136. The van der Waals surface area contributed by atoms with E-state index in [1.54, 1.807) is 18.2 Å². The van der Waals surface area contributed by atoms with Crippen LogP contribution in [0, 0.1) is 0 Å². The van der Waals surface area contributed by atoms with Gasteiger partial charge in [-0.1, -0.05) is 41.4 Å². The summed E-state index contributed by atoms with van der Waals surface area (Å²) in [4.78, 5) is 12.5. The molecule has 0 radical (unpaired) electrons. The summed E-state index contributed by atoms with van der Waals surface area (Å²) < 4.78 is 1.99. The molecule has 152 valence electrons. The molecule has 2 aromatic carbocycles. The lowest BCUT2D eigenvalue weighted by Gasteiger charge is -2.09. The van der Waals surface area contributed by atoms with Gasteiger partial charge in [-0.25, -0.2) is 0 Å². The molecule has 2 heterocycles. The van der Waals surface area contributed by atoms with E-state index >= 15 is 0 Å². The van der Waals surface area contributed by atoms with Crippen molar-refractivity contribution in [3.8, 4) is 0 Å². The van der Waals surface area contributed by atoms with E-state index in [1.807, 2.05) is 53.1 Å². The smallest absolute Gasteiger partial charge is 0.257 e. The number of carbonyl (C=O) groups excluding carboxylic acids is 1. The van der Waals surface area contributed by atoms with Crippen LogP contribution in [0.3, 0.4) is 0 Å². The second-order valence-corrected chi connectivity index (χ2v) is 7.59. The molecule has 0 aliphatic rings. The van der Waals surface area contributed by atoms with Crippen molar-refractivity contribution in [3.05, 3.63) is 93.9 Å². The van der Waals surface area contributed by atoms with Gasteiger partial charge in [0.25, 0.3) is 5.91 Å². The summed E-state index contributed by atoms with van der Waals surface area (Å²) in [6.45, 7) is 1.43. The molecule has 1 amide bonds. The topological polar surface area (TPSA) is 71.3 Å². The van der Waals surface area contributed by atoms with Crippen LogP contribution in [0.15, 0.2) is 66.9 Å². The molecule has 0 saturated carbocycles. The monoisotopic (exact) mass is 439 g/mol. The number of hydrogen-bond donors (Lipinski definition) is 2. The molecule has 4 rings (SSSR count). The van der Waals surface area contributed by atoms with Gasteiger partial charge in [-0.15, -0.1) is 10.2 Å². The Hall–Kier alpha value is -2.93. The average Bonchev–Trinajstić information content (AvgIpc) is 3.14. The van der Waals surface area contributed by atoms with Crippen LogP contribution in [0.25, 0.3) is 5.65 Å². The number of nitrogens with one attached hydrogen (secondary N) is 2. The van der Waals surface area contributed by atoms with Gasteiger partial charge >= 0.3 is 0 Å². The molecule has 4 aromatic rings. The largest absolute Gasteiger partial charge is 0.322 e. The van der Waals surface area contributed by atoms with Crippen molar-refractivity contribution in [2.45, 2.75) is 13.0 Å². The zero-order valence-electron chi connectivity index (χ0n) is 16.0. The fourth-order valence-electron chi connectivity index (χ4n) is 3.13. The van der Waals surface area contributed by atoms with Gasteiger partial charge in [-0.3, -0.25) is 9.20 Å². The first-order valence-corrected chi connectivity index (χ1v) is 10.2. The van der Waals surface area contributed by atoms with E-state index in [9.17, 15) is 4.79 Å². The third-order valence-electron chi connectivity index (χ3n) is 4.60. The maximum absolute atomic E-state index is 12.5. The van der Waals surface area contributed by atoms with Gasteiger partial charge in [-0.2, -0.15) is 0 Å². The van der Waals surface area contributed by atoms with Gasteiger partial charge in [0.05, 0.1) is 10.6 Å². The molecule has 0 aliphatic carbocycles. The number of aromatic nitrogens is 3. The average molecular weight is 440 g/mol. The Balaban J connectivity index is 1.32. The van der Waals surface area contributed by atoms with Crippen molar-refractivity contribution >= 4 is 40.4 Å². The molecule has 0 atom stereocenters. The van der Waals surface area contributed by atoms with Crippen molar-refractivity contribution in [2.75, 3.05) is 11.9 Å². The Labute approximate surface area is 183 Å². The number of rotatable bonds is 7. The predicted molar refractivity (Wildman–Crippen MR) is 119 cm³/mol. The molecule has 8 heteroatoms. The van der Waals surface area contributed by atoms with Crippen molar-refractivity contribution in [1.82, 2.24) is 19.9 Å². The van der Waals surface area contributed by atoms with E-state index in [4.69, 9.17) is 23.2 Å². The molecule has 2 aromatic heterocycles. The van der Waals surface area contributed by atoms with Crippen LogP contribution in [-0.4, -0.2) is 27.0 Å². The Morgan fingerprint density at radius 2 is 1.90 bits per heavy atom. The highest BCUT2D eigenvalue weighted by atomic mass is 35.5. The maximum Gasteiger partial charge on any atom is 0.257 e. The van der Waals surface area contributed by atoms with Crippen LogP contribution in [0.1, 0.15) is 21.7 Å². The van der Waals surface area contributed by atoms with Crippen molar-refractivity contribution in [3.63, 3.8) is 0 Å². The Kier molecular flexibility index (Phi) is 6.28. The van der Waals surface area contributed by atoms with Crippen LogP contribution < -0.4 is 10.6 Å². The van der Waals surface area contributed by atoms with Crippen LogP contribution in [0.4, 0.5) is 5.69 Å². The molecule has 0 saturated heterocycles. The summed E-state index contributed by atoms with van der Waals surface area (Å²) in [6.07, 6.45) is 2.72. The SMILES string of the molecule is O=C(Nc1cccc(CNCCc2nnc3ccccn23)c1)c1ccc(Cl)cc1Cl. The Bertz CT molecular complexity index is 1190. The van der Waals surface area contributed by atoms with Gasteiger partial charge in [0, 0.05) is 36.4 Å². The van der Waals surface area contributed by atoms with Gasteiger partial charge in [-0.05, 0) is 48.0 Å². The number of nitrogens with zero attached hydrogens (tertiary/aromatic N) is 3. The predicted octanol–water partition coefficient (Wildman–Crippen LogP) is 4.62. The van der Waals surface area contributed by atoms with E-state index in [0.717, 1.165) is 30.0 Å².